The Labute approximate surface area is 119 Å². The lowest BCUT2D eigenvalue weighted by molar-refractivity contribution is 0.0920. The van der Waals surface area contributed by atoms with Crippen molar-refractivity contribution in [2.75, 3.05) is 5.73 Å². The van der Waals surface area contributed by atoms with Crippen molar-refractivity contribution < 1.29 is 4.79 Å². The highest BCUT2D eigenvalue weighted by Gasteiger charge is 2.17. The maximum Gasteiger partial charge on any atom is 0.270 e. The lowest BCUT2D eigenvalue weighted by atomic mass is 10.0. The van der Waals surface area contributed by atoms with E-state index in [1.165, 1.54) is 0 Å². The van der Waals surface area contributed by atoms with Gasteiger partial charge < -0.3 is 11.1 Å². The number of hydrogen-bond acceptors (Lipinski definition) is 3. The molecule has 1 atom stereocenters. The van der Waals surface area contributed by atoms with Gasteiger partial charge in [-0.25, -0.2) is 4.98 Å². The average Bonchev–Trinajstić information content (AvgIpc) is 2.44. The van der Waals surface area contributed by atoms with E-state index in [0.717, 1.165) is 17.3 Å². The number of nitrogens with zero attached hydrogens (tertiary/aromatic N) is 1. The number of nitrogens with one attached hydrogen (secondary N) is 1. The monoisotopic (exact) mass is 271 g/mol. The molecule has 0 radical (unpaired) electrons. The summed E-state index contributed by atoms with van der Waals surface area (Å²) < 4.78 is 0. The molecule has 2 aromatic rings. The van der Waals surface area contributed by atoms with Crippen molar-refractivity contribution in [1.82, 2.24) is 10.3 Å². The summed E-state index contributed by atoms with van der Waals surface area (Å²) >= 11 is 0. The highest BCUT2D eigenvalue weighted by Crippen LogP contribution is 2.20. The van der Waals surface area contributed by atoms with Gasteiger partial charge in [-0.05, 0) is 24.5 Å². The normalized spacial score (nSPS) is 12.6. The van der Waals surface area contributed by atoms with Crippen LogP contribution in [0.4, 0.5) is 5.69 Å². The maximum absolute atomic E-state index is 12.3. The van der Waals surface area contributed by atoms with Crippen LogP contribution in [0.1, 0.15) is 37.7 Å². The quantitative estimate of drug-likeness (QED) is 0.898. The number of para-hydroxylation sites is 1. The summed E-state index contributed by atoms with van der Waals surface area (Å²) in [7, 11) is 0. The summed E-state index contributed by atoms with van der Waals surface area (Å²) in [6.45, 7) is 6.25. The van der Waals surface area contributed by atoms with Crippen molar-refractivity contribution in [3.8, 4) is 0 Å². The number of aromatic nitrogens is 1. The number of benzene rings is 1. The van der Waals surface area contributed by atoms with Crippen molar-refractivity contribution in [2.24, 2.45) is 5.92 Å². The average molecular weight is 271 g/mol. The van der Waals surface area contributed by atoms with E-state index in [1.54, 1.807) is 6.07 Å². The topological polar surface area (TPSA) is 68.0 Å². The van der Waals surface area contributed by atoms with Gasteiger partial charge in [0.2, 0.25) is 0 Å². The van der Waals surface area contributed by atoms with Crippen LogP contribution in [0.5, 0.6) is 0 Å². The smallest absolute Gasteiger partial charge is 0.270 e. The third-order valence-electron chi connectivity index (χ3n) is 3.54. The van der Waals surface area contributed by atoms with Crippen LogP contribution in [-0.2, 0) is 0 Å². The molecule has 0 bridgehead atoms. The Bertz CT molecular complexity index is 622. The number of anilines is 1. The fraction of sp³-hybridized carbons (Fsp3) is 0.375. The molecule has 0 saturated carbocycles. The van der Waals surface area contributed by atoms with E-state index in [-0.39, 0.29) is 11.9 Å². The molecule has 1 amide bonds. The van der Waals surface area contributed by atoms with E-state index >= 15 is 0 Å². The molecule has 0 saturated heterocycles. The molecule has 2 rings (SSSR count). The molecular weight excluding hydrogens is 250 g/mol. The van der Waals surface area contributed by atoms with E-state index in [9.17, 15) is 4.79 Å². The Morgan fingerprint density at radius 1 is 1.35 bits per heavy atom. The lowest BCUT2D eigenvalue weighted by Crippen LogP contribution is -2.38. The molecule has 1 heterocycles. The molecule has 0 fully saturated rings. The lowest BCUT2D eigenvalue weighted by Gasteiger charge is -2.20. The predicted octanol–water partition coefficient (Wildman–Crippen LogP) is 2.98. The van der Waals surface area contributed by atoms with Crippen molar-refractivity contribution in [2.45, 2.75) is 33.2 Å². The van der Waals surface area contributed by atoms with Crippen LogP contribution in [0, 0.1) is 5.92 Å². The second-order valence-corrected chi connectivity index (χ2v) is 5.35. The minimum atomic E-state index is -0.164. The van der Waals surface area contributed by atoms with E-state index in [0.29, 0.717) is 17.3 Å². The third kappa shape index (κ3) is 2.90. The van der Waals surface area contributed by atoms with Crippen molar-refractivity contribution in [1.29, 1.82) is 0 Å². The number of hydrogen-bond donors (Lipinski definition) is 2. The van der Waals surface area contributed by atoms with Gasteiger partial charge in [0.05, 0.1) is 5.52 Å². The number of pyridine rings is 1. The first-order valence-electron chi connectivity index (χ1n) is 6.99. The molecule has 1 aromatic heterocycles. The highest BCUT2D eigenvalue weighted by atomic mass is 16.1. The number of amides is 1. The molecule has 0 aliphatic rings. The maximum atomic E-state index is 12.3. The Kier molecular flexibility index (Phi) is 4.23. The fourth-order valence-corrected chi connectivity index (χ4v) is 2.30. The number of rotatable bonds is 4. The van der Waals surface area contributed by atoms with E-state index in [2.05, 4.69) is 31.1 Å². The Hall–Kier alpha value is -2.10. The Morgan fingerprint density at radius 3 is 2.70 bits per heavy atom. The van der Waals surface area contributed by atoms with Gasteiger partial charge in [0.25, 0.3) is 5.91 Å². The van der Waals surface area contributed by atoms with Gasteiger partial charge in [-0.1, -0.05) is 39.0 Å². The van der Waals surface area contributed by atoms with Gasteiger partial charge in [0.1, 0.15) is 5.69 Å². The van der Waals surface area contributed by atoms with E-state index in [4.69, 9.17) is 5.73 Å². The SMILES string of the molecule is CCC(NC(=O)c1cc(N)c2ccccc2n1)C(C)C. The molecule has 106 valence electrons. The summed E-state index contributed by atoms with van der Waals surface area (Å²) in [5.74, 6) is 0.227. The molecule has 0 aliphatic heterocycles. The molecule has 0 spiro atoms. The van der Waals surface area contributed by atoms with Crippen LogP contribution in [0.25, 0.3) is 10.9 Å². The molecular formula is C16H21N3O. The van der Waals surface area contributed by atoms with Gasteiger partial charge in [-0.3, -0.25) is 4.79 Å². The van der Waals surface area contributed by atoms with E-state index < -0.39 is 0 Å². The summed E-state index contributed by atoms with van der Waals surface area (Å²) in [5.41, 5.74) is 7.70. The minimum Gasteiger partial charge on any atom is -0.398 e. The predicted molar refractivity (Wildman–Crippen MR) is 82.5 cm³/mol. The first kappa shape index (κ1) is 14.3. The highest BCUT2D eigenvalue weighted by molar-refractivity contribution is 5.99. The number of nitrogens with two attached hydrogens (primary N) is 1. The molecule has 0 aliphatic carbocycles. The number of carbonyl (C=O) groups is 1. The van der Waals surface area contributed by atoms with Gasteiger partial charge in [-0.15, -0.1) is 0 Å². The van der Waals surface area contributed by atoms with Gasteiger partial charge >= 0.3 is 0 Å². The third-order valence-corrected chi connectivity index (χ3v) is 3.54. The zero-order valence-corrected chi connectivity index (χ0v) is 12.2. The molecule has 20 heavy (non-hydrogen) atoms. The molecule has 1 aromatic carbocycles. The largest absolute Gasteiger partial charge is 0.398 e. The van der Waals surface area contributed by atoms with E-state index in [1.807, 2.05) is 24.3 Å². The summed E-state index contributed by atoms with van der Waals surface area (Å²) in [6, 6.07) is 9.36. The second kappa shape index (κ2) is 5.90. The zero-order chi connectivity index (χ0) is 14.7. The number of carbonyl (C=O) groups excluding carboxylic acids is 1. The Morgan fingerprint density at radius 2 is 2.05 bits per heavy atom. The molecule has 4 heteroatoms. The van der Waals surface area contributed by atoms with Gasteiger partial charge in [0.15, 0.2) is 0 Å². The van der Waals surface area contributed by atoms with Crippen LogP contribution < -0.4 is 11.1 Å². The number of fused-ring (bicyclic) bond motifs is 1. The van der Waals surface area contributed by atoms with Gasteiger partial charge in [0, 0.05) is 17.1 Å². The van der Waals surface area contributed by atoms with Crippen LogP contribution in [-0.4, -0.2) is 16.9 Å². The molecule has 3 N–H and O–H groups in total. The molecule has 4 nitrogen and oxygen atoms in total. The minimum absolute atomic E-state index is 0.150. The summed E-state index contributed by atoms with van der Waals surface area (Å²) in [5, 5.41) is 3.89. The standard InChI is InChI=1S/C16H21N3O/c1-4-13(10(2)3)19-16(20)15-9-12(17)11-7-5-6-8-14(11)18-15/h5-10,13H,4H2,1-3H3,(H2,17,18)(H,19,20). The first-order valence-corrected chi connectivity index (χ1v) is 6.99. The first-order chi connectivity index (χ1) is 9.52. The van der Waals surface area contributed by atoms with Crippen LogP contribution in [0.3, 0.4) is 0 Å². The summed E-state index contributed by atoms with van der Waals surface area (Å²) in [6.07, 6.45) is 0.895. The van der Waals surface area contributed by atoms with Crippen LogP contribution >= 0.6 is 0 Å². The van der Waals surface area contributed by atoms with Crippen LogP contribution in [0.15, 0.2) is 30.3 Å². The fourth-order valence-electron chi connectivity index (χ4n) is 2.30. The van der Waals surface area contributed by atoms with Crippen molar-refractivity contribution in [3.05, 3.63) is 36.0 Å². The zero-order valence-electron chi connectivity index (χ0n) is 12.2. The second-order valence-electron chi connectivity index (χ2n) is 5.35. The van der Waals surface area contributed by atoms with Crippen molar-refractivity contribution in [3.63, 3.8) is 0 Å². The van der Waals surface area contributed by atoms with Gasteiger partial charge in [-0.2, -0.15) is 0 Å². The molecule has 1 unspecified atom stereocenters. The number of nitrogen functional groups attached to an aromatic ring is 1. The Balaban J connectivity index is 2.31. The van der Waals surface area contributed by atoms with Crippen molar-refractivity contribution >= 4 is 22.5 Å². The summed E-state index contributed by atoms with van der Waals surface area (Å²) in [4.78, 5) is 16.7. The van der Waals surface area contributed by atoms with Crippen LogP contribution in [0.2, 0.25) is 0 Å².